The number of carbonyl (C=O) groups excluding carboxylic acids is 1. The lowest BCUT2D eigenvalue weighted by Crippen LogP contribution is -2.45. The first-order valence-corrected chi connectivity index (χ1v) is 11.3. The molecule has 1 fully saturated rings. The number of piperazine rings is 1. The first-order valence-electron chi connectivity index (χ1n) is 10.5. The highest BCUT2D eigenvalue weighted by atomic mass is 32.1. The lowest BCUT2D eigenvalue weighted by atomic mass is 10.0. The van der Waals surface area contributed by atoms with Crippen molar-refractivity contribution in [1.82, 2.24) is 15.6 Å². The van der Waals surface area contributed by atoms with Gasteiger partial charge >= 0.3 is 0 Å². The molecule has 7 nitrogen and oxygen atoms in total. The van der Waals surface area contributed by atoms with E-state index in [0.717, 1.165) is 11.1 Å². The maximum atomic E-state index is 15.1. The quantitative estimate of drug-likeness (QED) is 0.558. The van der Waals surface area contributed by atoms with E-state index in [1.807, 2.05) is 19.1 Å². The molecule has 5 rings (SSSR count). The summed E-state index contributed by atoms with van der Waals surface area (Å²) in [6, 6.07) is 4.57. The largest absolute Gasteiger partial charge is 0.488 e. The van der Waals surface area contributed by atoms with E-state index in [0.29, 0.717) is 47.1 Å². The number of ether oxygens (including phenoxy) is 1. The number of nitrogens with zero attached hydrogens (tertiary/aromatic N) is 2. The first kappa shape index (κ1) is 20.9. The predicted molar refractivity (Wildman–Crippen MR) is 121 cm³/mol. The summed E-state index contributed by atoms with van der Waals surface area (Å²) >= 11 is 1.22. The number of hydrogen-bond donors (Lipinski definition) is 3. The SMILES string of the molecule is Cc1ccc2c(N)c(C(=O)N[C@H]3COc4c(cc(F)c(N5CCNCC5)c4F)C3)sc2n1. The van der Waals surface area contributed by atoms with E-state index >= 15 is 4.39 Å². The molecule has 2 aromatic heterocycles. The summed E-state index contributed by atoms with van der Waals surface area (Å²) in [6.45, 7) is 4.34. The fourth-order valence-corrected chi connectivity index (χ4v) is 5.28. The van der Waals surface area contributed by atoms with Crippen molar-refractivity contribution in [3.63, 3.8) is 0 Å². The fraction of sp³-hybridized carbons (Fsp3) is 0.364. The number of nitrogens with two attached hydrogens (primary N) is 1. The Bertz CT molecular complexity index is 1210. The van der Waals surface area contributed by atoms with Gasteiger partial charge in [0.05, 0.1) is 11.7 Å². The van der Waals surface area contributed by atoms with Crippen LogP contribution in [-0.4, -0.2) is 49.7 Å². The lowest BCUT2D eigenvalue weighted by molar-refractivity contribution is 0.0919. The van der Waals surface area contributed by atoms with Gasteiger partial charge in [0.25, 0.3) is 5.91 Å². The highest BCUT2D eigenvalue weighted by molar-refractivity contribution is 7.21. The Kier molecular flexibility index (Phi) is 5.34. The average Bonchev–Trinajstić information content (AvgIpc) is 3.10. The maximum Gasteiger partial charge on any atom is 0.263 e. The van der Waals surface area contributed by atoms with E-state index in [1.54, 1.807) is 4.90 Å². The Morgan fingerprint density at radius 1 is 1.34 bits per heavy atom. The topological polar surface area (TPSA) is 92.5 Å². The molecule has 0 unspecified atom stereocenters. The van der Waals surface area contributed by atoms with Gasteiger partial charge in [-0.05, 0) is 31.5 Å². The van der Waals surface area contributed by atoms with E-state index in [2.05, 4.69) is 15.6 Å². The standard InChI is InChI=1S/C22H23F2N5O2S/c1-11-2-3-14-17(25)20(32-22(14)27-11)21(30)28-13-8-12-9-15(23)18(16(24)19(12)31-10-13)29-6-4-26-5-7-29/h2-3,9,13,26H,4-8,10,25H2,1H3,(H,28,30)/t13-/m1/s1. The molecule has 0 bridgehead atoms. The number of nitrogens with one attached hydrogen (secondary N) is 2. The second-order valence-corrected chi connectivity index (χ2v) is 9.08. The van der Waals surface area contributed by atoms with Crippen molar-refractivity contribution in [3.8, 4) is 5.75 Å². The monoisotopic (exact) mass is 459 g/mol. The van der Waals surface area contributed by atoms with E-state index < -0.39 is 17.7 Å². The number of aromatic nitrogens is 1. The molecule has 0 saturated carbocycles. The second-order valence-electron chi connectivity index (χ2n) is 8.08. The van der Waals surface area contributed by atoms with Crippen LogP contribution in [0.1, 0.15) is 20.9 Å². The minimum absolute atomic E-state index is 0.0476. The number of fused-ring (bicyclic) bond motifs is 2. The van der Waals surface area contributed by atoms with E-state index in [9.17, 15) is 9.18 Å². The van der Waals surface area contributed by atoms with Crippen molar-refractivity contribution in [2.24, 2.45) is 0 Å². The lowest BCUT2D eigenvalue weighted by Gasteiger charge is -2.32. The number of aryl methyl sites for hydroxylation is 1. The number of benzene rings is 1. The molecule has 10 heteroatoms. The van der Waals surface area contributed by atoms with Crippen LogP contribution in [0, 0.1) is 18.6 Å². The highest BCUT2D eigenvalue weighted by Crippen LogP contribution is 2.37. The van der Waals surface area contributed by atoms with Crippen LogP contribution in [0.2, 0.25) is 0 Å². The number of amides is 1. The Morgan fingerprint density at radius 2 is 2.12 bits per heavy atom. The van der Waals surface area contributed by atoms with Gasteiger partial charge in [0.1, 0.15) is 27.8 Å². The van der Waals surface area contributed by atoms with Crippen LogP contribution in [0.15, 0.2) is 18.2 Å². The van der Waals surface area contributed by atoms with Crippen molar-refractivity contribution in [3.05, 3.63) is 46.0 Å². The molecule has 1 atom stereocenters. The number of carbonyl (C=O) groups is 1. The third-order valence-corrected chi connectivity index (χ3v) is 6.94. The normalized spacial score (nSPS) is 18.3. The van der Waals surface area contributed by atoms with Crippen molar-refractivity contribution in [2.75, 3.05) is 43.4 Å². The molecule has 2 aliphatic rings. The molecular formula is C22H23F2N5O2S. The molecule has 4 N–H and O–H groups in total. The summed E-state index contributed by atoms with van der Waals surface area (Å²) in [5.41, 5.74) is 7.74. The number of nitrogen functional groups attached to an aromatic ring is 1. The molecule has 1 aromatic carbocycles. The van der Waals surface area contributed by atoms with Crippen LogP contribution >= 0.6 is 11.3 Å². The van der Waals surface area contributed by atoms with E-state index in [-0.39, 0.29) is 30.4 Å². The molecule has 32 heavy (non-hydrogen) atoms. The smallest absolute Gasteiger partial charge is 0.263 e. The zero-order valence-electron chi connectivity index (χ0n) is 17.5. The Balaban J connectivity index is 1.35. The Hall–Kier alpha value is -2.98. The molecule has 168 valence electrons. The molecule has 2 aliphatic heterocycles. The zero-order valence-corrected chi connectivity index (χ0v) is 18.3. The van der Waals surface area contributed by atoms with Crippen LogP contribution in [0.25, 0.3) is 10.2 Å². The predicted octanol–water partition coefficient (Wildman–Crippen LogP) is 2.61. The maximum absolute atomic E-state index is 15.1. The van der Waals surface area contributed by atoms with Crippen molar-refractivity contribution < 1.29 is 18.3 Å². The van der Waals surface area contributed by atoms with E-state index in [1.165, 1.54) is 17.4 Å². The number of rotatable bonds is 3. The van der Waals surface area contributed by atoms with Crippen LogP contribution < -0.4 is 26.0 Å². The van der Waals surface area contributed by atoms with Crippen LogP contribution in [0.3, 0.4) is 0 Å². The minimum atomic E-state index is -0.679. The fourth-order valence-electron chi connectivity index (χ4n) is 4.24. The summed E-state index contributed by atoms with van der Waals surface area (Å²) in [5, 5.41) is 6.79. The van der Waals surface area contributed by atoms with Crippen molar-refractivity contribution >= 4 is 38.8 Å². The first-order chi connectivity index (χ1) is 15.4. The van der Waals surface area contributed by atoms with Crippen molar-refractivity contribution in [1.29, 1.82) is 0 Å². The van der Waals surface area contributed by atoms with Crippen LogP contribution in [-0.2, 0) is 6.42 Å². The number of halogens is 2. The van der Waals surface area contributed by atoms with Gasteiger partial charge in [-0.1, -0.05) is 0 Å². The van der Waals surface area contributed by atoms with E-state index in [4.69, 9.17) is 10.5 Å². The zero-order chi connectivity index (χ0) is 22.4. The number of anilines is 2. The minimum Gasteiger partial charge on any atom is -0.488 e. The molecular weight excluding hydrogens is 436 g/mol. The van der Waals surface area contributed by atoms with Crippen LogP contribution in [0.5, 0.6) is 5.75 Å². The van der Waals surface area contributed by atoms with Gasteiger partial charge < -0.3 is 26.0 Å². The third kappa shape index (κ3) is 3.63. The van der Waals surface area contributed by atoms with Gasteiger partial charge in [-0.2, -0.15) is 0 Å². The number of pyridine rings is 1. The van der Waals surface area contributed by atoms with Gasteiger partial charge in [0.15, 0.2) is 11.6 Å². The summed E-state index contributed by atoms with van der Waals surface area (Å²) in [6.07, 6.45) is 0.263. The Morgan fingerprint density at radius 3 is 2.91 bits per heavy atom. The number of hydrogen-bond acceptors (Lipinski definition) is 7. The molecule has 0 spiro atoms. The van der Waals surface area contributed by atoms with Gasteiger partial charge in [-0.15, -0.1) is 11.3 Å². The highest BCUT2D eigenvalue weighted by Gasteiger charge is 2.31. The number of thiophene rings is 1. The molecule has 0 radical (unpaired) electrons. The Labute approximate surface area is 187 Å². The van der Waals surface area contributed by atoms with Crippen molar-refractivity contribution in [2.45, 2.75) is 19.4 Å². The summed E-state index contributed by atoms with van der Waals surface area (Å²) in [4.78, 5) is 20.1. The second kappa shape index (κ2) is 8.18. The van der Waals surface area contributed by atoms with Gasteiger partial charge in [-0.3, -0.25) is 4.79 Å². The summed E-state index contributed by atoms with van der Waals surface area (Å²) < 4.78 is 35.6. The summed E-state index contributed by atoms with van der Waals surface area (Å²) in [7, 11) is 0. The molecule has 1 saturated heterocycles. The molecule has 4 heterocycles. The molecule has 3 aromatic rings. The third-order valence-electron chi connectivity index (χ3n) is 5.83. The molecule has 1 amide bonds. The summed E-state index contributed by atoms with van der Waals surface area (Å²) in [5.74, 6) is -1.58. The van der Waals surface area contributed by atoms with Gasteiger partial charge in [0.2, 0.25) is 0 Å². The average molecular weight is 460 g/mol. The van der Waals surface area contributed by atoms with Gasteiger partial charge in [-0.25, -0.2) is 13.8 Å². The van der Waals surface area contributed by atoms with Crippen LogP contribution in [0.4, 0.5) is 20.2 Å². The molecule has 0 aliphatic carbocycles. The van der Waals surface area contributed by atoms with Gasteiger partial charge in [0, 0.05) is 42.8 Å².